The largest absolute Gasteiger partial charge is 0.383 e. The van der Waals surface area contributed by atoms with E-state index in [0.29, 0.717) is 12.0 Å². The van der Waals surface area contributed by atoms with Crippen LogP contribution in [0.1, 0.15) is 25.7 Å². The summed E-state index contributed by atoms with van der Waals surface area (Å²) in [6.45, 7) is 2.82. The molecule has 1 aliphatic rings. The number of ether oxygens (including phenoxy) is 2. The zero-order valence-corrected chi connectivity index (χ0v) is 9.42. The lowest BCUT2D eigenvalue weighted by Crippen LogP contribution is -2.36. The summed E-state index contributed by atoms with van der Waals surface area (Å²) in [6.07, 6.45) is 5.69. The average molecular weight is 201 g/mol. The second kappa shape index (κ2) is 7.21. The molecule has 0 aromatic heterocycles. The lowest BCUT2D eigenvalue weighted by molar-refractivity contribution is 0.0234. The molecule has 0 aliphatic heterocycles. The molecule has 0 heterocycles. The van der Waals surface area contributed by atoms with E-state index in [4.69, 9.17) is 9.47 Å². The standard InChI is InChI=1S/C11H23NO2/c1-13-8-7-12-9-10-5-3-4-6-11(10)14-2/h10-12H,3-9H2,1-2H3. The molecule has 1 saturated carbocycles. The number of nitrogens with one attached hydrogen (secondary N) is 1. The van der Waals surface area contributed by atoms with Crippen LogP contribution in [0, 0.1) is 5.92 Å². The third kappa shape index (κ3) is 3.95. The van der Waals surface area contributed by atoms with E-state index < -0.39 is 0 Å². The monoisotopic (exact) mass is 201 g/mol. The van der Waals surface area contributed by atoms with Crippen LogP contribution in [-0.4, -0.2) is 40.0 Å². The Hall–Kier alpha value is -0.120. The molecule has 84 valence electrons. The summed E-state index contributed by atoms with van der Waals surface area (Å²) in [5, 5.41) is 3.42. The minimum absolute atomic E-state index is 0.471. The Kier molecular flexibility index (Phi) is 6.15. The Morgan fingerprint density at radius 1 is 1.21 bits per heavy atom. The number of hydrogen-bond acceptors (Lipinski definition) is 3. The summed E-state index contributed by atoms with van der Waals surface area (Å²) in [5.41, 5.74) is 0. The molecule has 3 heteroatoms. The van der Waals surface area contributed by atoms with Crippen molar-refractivity contribution in [2.45, 2.75) is 31.8 Å². The van der Waals surface area contributed by atoms with Crippen molar-refractivity contribution in [3.8, 4) is 0 Å². The van der Waals surface area contributed by atoms with Crippen molar-refractivity contribution < 1.29 is 9.47 Å². The molecule has 1 fully saturated rings. The van der Waals surface area contributed by atoms with Gasteiger partial charge in [-0.2, -0.15) is 0 Å². The van der Waals surface area contributed by atoms with Crippen LogP contribution >= 0.6 is 0 Å². The molecule has 0 bridgehead atoms. The Balaban J connectivity index is 2.13. The lowest BCUT2D eigenvalue weighted by atomic mass is 9.86. The fraction of sp³-hybridized carbons (Fsp3) is 1.00. The van der Waals surface area contributed by atoms with Crippen LogP contribution in [0.4, 0.5) is 0 Å². The van der Waals surface area contributed by atoms with Crippen molar-refractivity contribution in [3.05, 3.63) is 0 Å². The smallest absolute Gasteiger partial charge is 0.0611 e. The summed E-state index contributed by atoms with van der Waals surface area (Å²) in [7, 11) is 3.57. The molecule has 1 N–H and O–H groups in total. The van der Waals surface area contributed by atoms with E-state index in [9.17, 15) is 0 Å². The molecule has 1 rings (SSSR count). The maximum atomic E-state index is 5.49. The molecule has 0 aromatic rings. The molecular weight excluding hydrogens is 178 g/mol. The SMILES string of the molecule is COCCNCC1CCCCC1OC. The minimum Gasteiger partial charge on any atom is -0.383 e. The summed E-state index contributed by atoms with van der Waals surface area (Å²) in [5.74, 6) is 0.700. The van der Waals surface area contributed by atoms with Crippen LogP contribution < -0.4 is 5.32 Å². The highest BCUT2D eigenvalue weighted by atomic mass is 16.5. The predicted molar refractivity (Wildman–Crippen MR) is 57.5 cm³/mol. The zero-order valence-electron chi connectivity index (χ0n) is 9.42. The second-order valence-corrected chi connectivity index (χ2v) is 4.02. The first-order valence-electron chi connectivity index (χ1n) is 5.61. The molecule has 0 spiro atoms. The normalized spacial score (nSPS) is 27.9. The fourth-order valence-electron chi connectivity index (χ4n) is 2.18. The molecule has 2 atom stereocenters. The molecule has 0 saturated heterocycles. The molecule has 14 heavy (non-hydrogen) atoms. The van der Waals surface area contributed by atoms with Crippen molar-refractivity contribution in [3.63, 3.8) is 0 Å². The van der Waals surface area contributed by atoms with Gasteiger partial charge in [0.05, 0.1) is 12.7 Å². The van der Waals surface area contributed by atoms with Gasteiger partial charge in [0.15, 0.2) is 0 Å². The van der Waals surface area contributed by atoms with Crippen LogP contribution in [0.15, 0.2) is 0 Å². The van der Waals surface area contributed by atoms with E-state index in [1.54, 1.807) is 7.11 Å². The number of hydrogen-bond donors (Lipinski definition) is 1. The quantitative estimate of drug-likeness (QED) is 0.659. The van der Waals surface area contributed by atoms with Crippen LogP contribution in [0.25, 0.3) is 0 Å². The number of methoxy groups -OCH3 is 2. The predicted octanol–water partition coefficient (Wildman–Crippen LogP) is 1.43. The van der Waals surface area contributed by atoms with Gasteiger partial charge in [-0.1, -0.05) is 12.8 Å². The van der Waals surface area contributed by atoms with Gasteiger partial charge in [0.2, 0.25) is 0 Å². The van der Waals surface area contributed by atoms with E-state index in [-0.39, 0.29) is 0 Å². The van der Waals surface area contributed by atoms with E-state index in [1.807, 2.05) is 7.11 Å². The Labute approximate surface area is 87.2 Å². The maximum Gasteiger partial charge on any atom is 0.0611 e. The van der Waals surface area contributed by atoms with Crippen LogP contribution in [0.5, 0.6) is 0 Å². The third-order valence-electron chi connectivity index (χ3n) is 3.03. The highest BCUT2D eigenvalue weighted by molar-refractivity contribution is 4.77. The maximum absolute atomic E-state index is 5.49. The van der Waals surface area contributed by atoms with Crippen LogP contribution in [0.2, 0.25) is 0 Å². The lowest BCUT2D eigenvalue weighted by Gasteiger charge is -2.30. The molecule has 2 unspecified atom stereocenters. The van der Waals surface area contributed by atoms with Crippen molar-refractivity contribution in [2.24, 2.45) is 5.92 Å². The van der Waals surface area contributed by atoms with E-state index in [2.05, 4.69) is 5.32 Å². The van der Waals surface area contributed by atoms with Gasteiger partial charge in [0.1, 0.15) is 0 Å². The van der Waals surface area contributed by atoms with E-state index in [0.717, 1.165) is 19.7 Å². The Bertz CT molecular complexity index is 141. The fourth-order valence-corrected chi connectivity index (χ4v) is 2.18. The van der Waals surface area contributed by atoms with Gasteiger partial charge in [-0.15, -0.1) is 0 Å². The van der Waals surface area contributed by atoms with Gasteiger partial charge < -0.3 is 14.8 Å². The molecule has 0 aromatic carbocycles. The number of rotatable bonds is 6. The van der Waals surface area contributed by atoms with Crippen molar-refractivity contribution >= 4 is 0 Å². The molecule has 1 aliphatic carbocycles. The van der Waals surface area contributed by atoms with Gasteiger partial charge in [0, 0.05) is 27.3 Å². The molecular formula is C11H23NO2. The highest BCUT2D eigenvalue weighted by Gasteiger charge is 2.23. The van der Waals surface area contributed by atoms with E-state index in [1.165, 1.54) is 25.7 Å². The highest BCUT2D eigenvalue weighted by Crippen LogP contribution is 2.25. The molecule has 0 amide bonds. The summed E-state index contributed by atoms with van der Waals surface area (Å²) >= 11 is 0. The molecule has 3 nitrogen and oxygen atoms in total. The van der Waals surface area contributed by atoms with Gasteiger partial charge in [-0.05, 0) is 18.8 Å². The summed E-state index contributed by atoms with van der Waals surface area (Å²) in [6, 6.07) is 0. The van der Waals surface area contributed by atoms with Gasteiger partial charge in [0.25, 0.3) is 0 Å². The Morgan fingerprint density at radius 2 is 2.00 bits per heavy atom. The first-order chi connectivity index (χ1) is 6.88. The third-order valence-corrected chi connectivity index (χ3v) is 3.03. The first-order valence-corrected chi connectivity index (χ1v) is 5.61. The van der Waals surface area contributed by atoms with Gasteiger partial charge in [-0.3, -0.25) is 0 Å². The Morgan fingerprint density at radius 3 is 2.71 bits per heavy atom. The van der Waals surface area contributed by atoms with Crippen LogP contribution in [0.3, 0.4) is 0 Å². The second-order valence-electron chi connectivity index (χ2n) is 4.02. The first kappa shape index (κ1) is 12.0. The van der Waals surface area contributed by atoms with Crippen molar-refractivity contribution in [1.82, 2.24) is 5.32 Å². The van der Waals surface area contributed by atoms with Gasteiger partial charge >= 0.3 is 0 Å². The molecule has 0 radical (unpaired) electrons. The van der Waals surface area contributed by atoms with Gasteiger partial charge in [-0.25, -0.2) is 0 Å². The minimum atomic E-state index is 0.471. The van der Waals surface area contributed by atoms with Crippen LogP contribution in [-0.2, 0) is 9.47 Å². The summed E-state index contributed by atoms with van der Waals surface area (Å²) in [4.78, 5) is 0. The van der Waals surface area contributed by atoms with Crippen molar-refractivity contribution in [1.29, 1.82) is 0 Å². The summed E-state index contributed by atoms with van der Waals surface area (Å²) < 4.78 is 10.5. The van der Waals surface area contributed by atoms with Crippen molar-refractivity contribution in [2.75, 3.05) is 33.9 Å². The zero-order chi connectivity index (χ0) is 10.2. The topological polar surface area (TPSA) is 30.5 Å². The average Bonchev–Trinajstić information content (AvgIpc) is 2.25. The van der Waals surface area contributed by atoms with E-state index >= 15 is 0 Å².